The number of phenolic OH excluding ortho intramolecular Hbond substituents is 1. The van der Waals surface area contributed by atoms with Crippen LogP contribution in [0.5, 0.6) is 5.75 Å². The molecule has 1 aliphatic rings. The Hall–Kier alpha value is -2.09. The number of carbonyl (C=O) groups is 1. The minimum Gasteiger partial charge on any atom is -0.507 e. The average Bonchev–Trinajstić information content (AvgIpc) is 2.63. The summed E-state index contributed by atoms with van der Waals surface area (Å²) in [5.41, 5.74) is 3.57. The molecule has 0 unspecified atom stereocenters. The van der Waals surface area contributed by atoms with Crippen LogP contribution in [0.4, 0.5) is 0 Å². The van der Waals surface area contributed by atoms with Gasteiger partial charge in [-0.25, -0.2) is 0 Å². The number of hydrogen-bond donors (Lipinski definition) is 1. The van der Waals surface area contributed by atoms with Crippen molar-refractivity contribution in [2.45, 2.75) is 58.3 Å². The van der Waals surface area contributed by atoms with E-state index >= 15 is 0 Å². The third kappa shape index (κ3) is 4.95. The summed E-state index contributed by atoms with van der Waals surface area (Å²) < 4.78 is 0. The first-order valence-electron chi connectivity index (χ1n) is 9.00. The normalized spacial score (nSPS) is 14.6. The number of carbonyl (C=O) groups excluding carboxylic acids is 1. The third-order valence-corrected chi connectivity index (χ3v) is 4.70. The van der Waals surface area contributed by atoms with Crippen molar-refractivity contribution in [1.82, 2.24) is 0 Å². The van der Waals surface area contributed by atoms with Crippen molar-refractivity contribution in [3.05, 3.63) is 54.1 Å². The molecule has 2 heteroatoms. The molecule has 2 aromatic rings. The maximum absolute atomic E-state index is 10.1. The van der Waals surface area contributed by atoms with Gasteiger partial charge in [0.05, 0.1) is 0 Å². The van der Waals surface area contributed by atoms with Crippen molar-refractivity contribution in [1.29, 1.82) is 0 Å². The highest BCUT2D eigenvalue weighted by Crippen LogP contribution is 2.40. The van der Waals surface area contributed by atoms with Gasteiger partial charge >= 0.3 is 0 Å². The molecular weight excluding hydrogens is 296 g/mol. The van der Waals surface area contributed by atoms with E-state index in [2.05, 4.69) is 24.3 Å². The topological polar surface area (TPSA) is 37.3 Å². The smallest absolute Gasteiger partial charge is 0.129 e. The van der Waals surface area contributed by atoms with E-state index in [1.165, 1.54) is 43.2 Å². The van der Waals surface area contributed by atoms with Crippen LogP contribution in [0.15, 0.2) is 48.5 Å². The summed E-state index contributed by atoms with van der Waals surface area (Å²) >= 11 is 0. The molecule has 2 aromatic carbocycles. The molecule has 128 valence electrons. The molecule has 0 atom stereocenters. The molecule has 0 saturated heterocycles. The molecule has 0 heterocycles. The van der Waals surface area contributed by atoms with Crippen molar-refractivity contribution in [2.24, 2.45) is 0 Å². The van der Waals surface area contributed by atoms with Gasteiger partial charge in [0.25, 0.3) is 0 Å². The van der Waals surface area contributed by atoms with Crippen LogP contribution in [-0.4, -0.2) is 10.9 Å². The van der Waals surface area contributed by atoms with E-state index < -0.39 is 0 Å². The Morgan fingerprint density at radius 2 is 1.50 bits per heavy atom. The SMILES string of the molecule is CCC(C)=O.Oc1ccccc1-c1ccccc1C1CCCCC1. The Balaban J connectivity index is 0.000000368. The van der Waals surface area contributed by atoms with Gasteiger partial charge in [-0.05, 0) is 42.9 Å². The first kappa shape index (κ1) is 18.3. The maximum atomic E-state index is 10.1. The van der Waals surface area contributed by atoms with Crippen LogP contribution in [0.1, 0.15) is 63.9 Å². The van der Waals surface area contributed by atoms with E-state index in [1.807, 2.05) is 25.1 Å². The second-order valence-corrected chi connectivity index (χ2v) is 6.49. The van der Waals surface area contributed by atoms with Crippen LogP contribution in [-0.2, 0) is 4.79 Å². The Morgan fingerprint density at radius 3 is 2.08 bits per heavy atom. The first-order chi connectivity index (χ1) is 11.6. The van der Waals surface area contributed by atoms with Crippen molar-refractivity contribution < 1.29 is 9.90 Å². The molecular formula is C22H28O2. The number of rotatable bonds is 3. The molecule has 1 N–H and O–H groups in total. The summed E-state index contributed by atoms with van der Waals surface area (Å²) in [6.45, 7) is 3.43. The van der Waals surface area contributed by atoms with Gasteiger partial charge < -0.3 is 9.90 Å². The van der Waals surface area contributed by atoms with Crippen LogP contribution in [0.25, 0.3) is 11.1 Å². The monoisotopic (exact) mass is 324 g/mol. The minimum absolute atomic E-state index is 0.255. The molecule has 24 heavy (non-hydrogen) atoms. The third-order valence-electron chi connectivity index (χ3n) is 4.70. The second kappa shape index (κ2) is 9.27. The van der Waals surface area contributed by atoms with E-state index in [9.17, 15) is 9.90 Å². The number of para-hydroxylation sites is 1. The standard InChI is InChI=1S/C18H20O.C4H8O/c19-18-13-7-6-12-17(18)16-11-5-4-10-15(16)14-8-2-1-3-9-14;1-3-4(2)5/h4-7,10-14,19H,1-3,8-9H2;3H2,1-2H3. The van der Waals surface area contributed by atoms with Crippen LogP contribution in [0.3, 0.4) is 0 Å². The summed E-state index contributed by atoms with van der Waals surface area (Å²) in [6.07, 6.45) is 7.27. The molecule has 0 radical (unpaired) electrons. The fourth-order valence-corrected chi connectivity index (χ4v) is 3.21. The number of Topliss-reactive ketones (excluding diaryl/α,β-unsaturated/α-hetero) is 1. The fraction of sp³-hybridized carbons (Fsp3) is 0.409. The Bertz CT molecular complexity index is 655. The van der Waals surface area contributed by atoms with E-state index in [4.69, 9.17) is 0 Å². The van der Waals surface area contributed by atoms with E-state index in [0.29, 0.717) is 18.1 Å². The summed E-state index contributed by atoms with van der Waals surface area (Å²) in [5.74, 6) is 1.29. The number of benzene rings is 2. The predicted octanol–water partition coefficient (Wildman–Crippen LogP) is 6.09. The van der Waals surface area contributed by atoms with Crippen LogP contribution in [0, 0.1) is 0 Å². The summed E-state index contributed by atoms with van der Waals surface area (Å²) in [4.78, 5) is 9.81. The van der Waals surface area contributed by atoms with Gasteiger partial charge in [-0.3, -0.25) is 0 Å². The highest BCUT2D eigenvalue weighted by molar-refractivity contribution is 5.75. The molecule has 3 rings (SSSR count). The zero-order chi connectivity index (χ0) is 17.4. The van der Waals surface area contributed by atoms with Crippen molar-refractivity contribution in [3.8, 4) is 16.9 Å². The highest BCUT2D eigenvalue weighted by atomic mass is 16.3. The largest absolute Gasteiger partial charge is 0.507 e. The number of aromatic hydroxyl groups is 1. The quantitative estimate of drug-likeness (QED) is 0.741. The van der Waals surface area contributed by atoms with Crippen molar-refractivity contribution >= 4 is 5.78 Å². The zero-order valence-corrected chi connectivity index (χ0v) is 14.8. The number of hydrogen-bond acceptors (Lipinski definition) is 2. The lowest BCUT2D eigenvalue weighted by Gasteiger charge is -2.24. The number of ketones is 1. The van der Waals surface area contributed by atoms with Gasteiger partial charge in [-0.1, -0.05) is 68.7 Å². The number of phenols is 1. The van der Waals surface area contributed by atoms with E-state index in [0.717, 1.165) is 5.56 Å². The molecule has 0 bridgehead atoms. The average molecular weight is 324 g/mol. The van der Waals surface area contributed by atoms with Gasteiger partial charge in [0, 0.05) is 12.0 Å². The zero-order valence-electron chi connectivity index (χ0n) is 14.8. The molecule has 1 aliphatic carbocycles. The molecule has 1 saturated carbocycles. The van der Waals surface area contributed by atoms with Crippen LogP contribution >= 0.6 is 0 Å². The maximum Gasteiger partial charge on any atom is 0.129 e. The molecule has 0 aliphatic heterocycles. The van der Waals surface area contributed by atoms with E-state index in [1.54, 1.807) is 13.0 Å². The van der Waals surface area contributed by atoms with Gasteiger partial charge in [-0.15, -0.1) is 0 Å². The van der Waals surface area contributed by atoms with Crippen LogP contribution in [0.2, 0.25) is 0 Å². The lowest BCUT2D eigenvalue weighted by atomic mass is 9.81. The van der Waals surface area contributed by atoms with Gasteiger partial charge in [0.15, 0.2) is 0 Å². The molecule has 1 fully saturated rings. The Kier molecular flexibility index (Phi) is 7.05. The summed E-state index contributed by atoms with van der Waals surface area (Å²) in [7, 11) is 0. The molecule has 2 nitrogen and oxygen atoms in total. The van der Waals surface area contributed by atoms with Crippen molar-refractivity contribution in [2.75, 3.05) is 0 Å². The fourth-order valence-electron chi connectivity index (χ4n) is 3.21. The lowest BCUT2D eigenvalue weighted by Crippen LogP contribution is -2.05. The first-order valence-corrected chi connectivity index (χ1v) is 9.00. The second-order valence-electron chi connectivity index (χ2n) is 6.49. The van der Waals surface area contributed by atoms with Crippen LogP contribution < -0.4 is 0 Å². The molecule has 0 aromatic heterocycles. The van der Waals surface area contributed by atoms with Gasteiger partial charge in [-0.2, -0.15) is 0 Å². The van der Waals surface area contributed by atoms with Gasteiger partial charge in [0.2, 0.25) is 0 Å². The predicted molar refractivity (Wildman–Crippen MR) is 100 cm³/mol. The Morgan fingerprint density at radius 1 is 0.958 bits per heavy atom. The van der Waals surface area contributed by atoms with Gasteiger partial charge in [0.1, 0.15) is 11.5 Å². The summed E-state index contributed by atoms with van der Waals surface area (Å²) in [6, 6.07) is 16.2. The highest BCUT2D eigenvalue weighted by Gasteiger charge is 2.19. The minimum atomic E-state index is 0.255. The Labute approximate surface area is 145 Å². The van der Waals surface area contributed by atoms with Crippen molar-refractivity contribution in [3.63, 3.8) is 0 Å². The summed E-state index contributed by atoms with van der Waals surface area (Å²) in [5, 5.41) is 10.1. The van der Waals surface area contributed by atoms with E-state index in [-0.39, 0.29) is 5.78 Å². The lowest BCUT2D eigenvalue weighted by molar-refractivity contribution is -0.116. The molecule has 0 amide bonds. The molecule has 0 spiro atoms.